The predicted octanol–water partition coefficient (Wildman–Crippen LogP) is 14.1. The Kier molecular flexibility index (Phi) is 17.4. The molecule has 2 unspecified atom stereocenters. The first kappa shape index (κ1) is 55.7. The minimum atomic E-state index is -0.608. The monoisotopic (exact) mass is 1060 g/mol. The second kappa shape index (κ2) is 24.7. The smallest absolute Gasteiger partial charge is 0.410 e. The van der Waals surface area contributed by atoms with Crippen LogP contribution in [0, 0.1) is 25.5 Å². The number of ketones is 2. The molecule has 2 aromatic heterocycles. The van der Waals surface area contributed by atoms with Crippen LogP contribution >= 0.6 is 0 Å². The molecule has 10 nitrogen and oxygen atoms in total. The van der Waals surface area contributed by atoms with Crippen LogP contribution in [0.1, 0.15) is 126 Å². The number of carbonyl (C=O) groups excluding carboxylic acids is 3. The van der Waals surface area contributed by atoms with Crippen molar-refractivity contribution in [2.45, 2.75) is 117 Å². The van der Waals surface area contributed by atoms with Crippen LogP contribution in [0.15, 0.2) is 133 Å². The SMILES string of the molecule is Cc1[nH]c2ccccc2c1CCN(C(=O)OC(C)(C)C)C1CCCc2cc(/C=C/C(=O)Cc3ccc(F)cc3N)ccc21.Cc1[nH]c2ccccc2c1CCNC1CCCc2cc(/C=C/C(=O)Cc3ccc(F)cc3N)ccc21. The number of anilines is 2. The number of nitrogens with two attached hydrogens (primary N) is 2. The van der Waals surface area contributed by atoms with E-state index in [-0.39, 0.29) is 42.2 Å². The van der Waals surface area contributed by atoms with Crippen LogP contribution in [0.2, 0.25) is 0 Å². The van der Waals surface area contributed by atoms with Crippen molar-refractivity contribution in [1.29, 1.82) is 0 Å². The second-order valence-electron chi connectivity index (χ2n) is 22.1. The molecule has 6 aromatic carbocycles. The fraction of sp³-hybridized carbons (Fsp3) is 0.299. The average Bonchev–Trinajstić information content (AvgIpc) is 3.95. The normalized spacial score (nSPS) is 15.2. The van der Waals surface area contributed by atoms with Crippen molar-refractivity contribution in [1.82, 2.24) is 20.2 Å². The zero-order chi connectivity index (χ0) is 55.8. The van der Waals surface area contributed by atoms with Crippen LogP contribution in [-0.4, -0.2) is 51.2 Å². The Morgan fingerprint density at radius 1 is 0.658 bits per heavy atom. The molecule has 0 saturated heterocycles. The van der Waals surface area contributed by atoms with E-state index < -0.39 is 17.2 Å². The summed E-state index contributed by atoms with van der Waals surface area (Å²) in [5.41, 5.74) is 27.1. The average molecular weight is 1060 g/mol. The Bertz CT molecular complexity index is 3580. The van der Waals surface area contributed by atoms with E-state index >= 15 is 0 Å². The van der Waals surface area contributed by atoms with Gasteiger partial charge in [-0.05, 0) is 197 Å². The van der Waals surface area contributed by atoms with Gasteiger partial charge in [0.2, 0.25) is 0 Å². The van der Waals surface area contributed by atoms with Crippen molar-refractivity contribution in [2.75, 3.05) is 24.6 Å². The fourth-order valence-corrected chi connectivity index (χ4v) is 11.3. The minimum absolute atomic E-state index is 0.0573. The summed E-state index contributed by atoms with van der Waals surface area (Å²) in [6, 6.07) is 37.9. The number of aromatic nitrogens is 2. The molecule has 8 aromatic rings. The van der Waals surface area contributed by atoms with Gasteiger partial charge in [-0.2, -0.15) is 0 Å². The number of H-pyrrole nitrogens is 2. The minimum Gasteiger partial charge on any atom is -0.444 e. The van der Waals surface area contributed by atoms with E-state index in [1.165, 1.54) is 74.1 Å². The summed E-state index contributed by atoms with van der Waals surface area (Å²) in [7, 11) is 0. The largest absolute Gasteiger partial charge is 0.444 e. The molecule has 0 saturated carbocycles. The van der Waals surface area contributed by atoms with Gasteiger partial charge in [0.15, 0.2) is 11.6 Å². The van der Waals surface area contributed by atoms with Crippen LogP contribution in [0.4, 0.5) is 25.0 Å². The Balaban J connectivity index is 0.000000195. The van der Waals surface area contributed by atoms with Crippen LogP contribution in [-0.2, 0) is 52.9 Å². The topological polar surface area (TPSA) is 159 Å². The number of halogens is 2. The van der Waals surface area contributed by atoms with Gasteiger partial charge in [-0.25, -0.2) is 13.6 Å². The third-order valence-corrected chi connectivity index (χ3v) is 15.2. The van der Waals surface area contributed by atoms with Crippen molar-refractivity contribution in [3.05, 3.63) is 212 Å². The van der Waals surface area contributed by atoms with Gasteiger partial charge in [0.1, 0.15) is 17.2 Å². The number of rotatable bonds is 16. The van der Waals surface area contributed by atoms with E-state index in [0.29, 0.717) is 35.8 Å². The van der Waals surface area contributed by atoms with Crippen molar-refractivity contribution < 1.29 is 27.9 Å². The van der Waals surface area contributed by atoms with Crippen molar-refractivity contribution in [3.8, 4) is 0 Å². The number of allylic oxidation sites excluding steroid dienone is 2. The number of nitrogens with zero attached hydrogens (tertiary/aromatic N) is 1. The van der Waals surface area contributed by atoms with Crippen LogP contribution in [0.5, 0.6) is 0 Å². The lowest BCUT2D eigenvalue weighted by Gasteiger charge is -2.37. The number of aryl methyl sites for hydroxylation is 4. The van der Waals surface area contributed by atoms with E-state index in [9.17, 15) is 23.2 Å². The molecule has 408 valence electrons. The molecule has 0 radical (unpaired) electrons. The molecule has 0 spiro atoms. The number of hydrogen-bond donors (Lipinski definition) is 5. The molecular formula is C67H72F2N6O4. The first-order valence-corrected chi connectivity index (χ1v) is 27.6. The molecule has 0 fully saturated rings. The Labute approximate surface area is 462 Å². The maximum absolute atomic E-state index is 13.6. The molecule has 2 aliphatic rings. The summed E-state index contributed by atoms with van der Waals surface area (Å²) in [6.45, 7) is 11.4. The molecule has 0 aliphatic heterocycles. The van der Waals surface area contributed by atoms with Gasteiger partial charge in [0.25, 0.3) is 0 Å². The highest BCUT2D eigenvalue weighted by molar-refractivity contribution is 5.96. The van der Waals surface area contributed by atoms with E-state index in [4.69, 9.17) is 16.2 Å². The lowest BCUT2D eigenvalue weighted by molar-refractivity contribution is -0.114. The molecular weight excluding hydrogens is 991 g/mol. The highest BCUT2D eigenvalue weighted by Gasteiger charge is 2.33. The van der Waals surface area contributed by atoms with Crippen molar-refractivity contribution in [3.63, 3.8) is 0 Å². The number of para-hydroxylation sites is 2. The summed E-state index contributed by atoms with van der Waals surface area (Å²) in [4.78, 5) is 47.6. The lowest BCUT2D eigenvalue weighted by atomic mass is 9.85. The van der Waals surface area contributed by atoms with Gasteiger partial charge in [0.05, 0.1) is 6.04 Å². The summed E-state index contributed by atoms with van der Waals surface area (Å²) in [5, 5.41) is 6.29. The van der Waals surface area contributed by atoms with E-state index in [0.717, 1.165) is 79.4 Å². The zero-order valence-electron chi connectivity index (χ0n) is 46.0. The number of ether oxygens (including phenoxy) is 1. The van der Waals surface area contributed by atoms with Gasteiger partial charge in [0, 0.05) is 70.0 Å². The number of nitrogen functional groups attached to an aromatic ring is 2. The van der Waals surface area contributed by atoms with Crippen LogP contribution < -0.4 is 16.8 Å². The van der Waals surface area contributed by atoms with Crippen molar-refractivity contribution >= 4 is 63.0 Å². The highest BCUT2D eigenvalue weighted by atomic mass is 19.1. The Morgan fingerprint density at radius 3 is 1.71 bits per heavy atom. The first-order chi connectivity index (χ1) is 38.0. The third-order valence-electron chi connectivity index (χ3n) is 15.2. The predicted molar refractivity (Wildman–Crippen MR) is 316 cm³/mol. The quantitative estimate of drug-likeness (QED) is 0.0476. The van der Waals surface area contributed by atoms with Gasteiger partial charge >= 0.3 is 6.09 Å². The summed E-state index contributed by atoms with van der Waals surface area (Å²) in [5.74, 6) is -0.986. The summed E-state index contributed by atoms with van der Waals surface area (Å²) in [6.07, 6.45) is 14.5. The Hall–Kier alpha value is -8.09. The third kappa shape index (κ3) is 14.0. The molecule has 2 atom stereocenters. The number of fused-ring (bicyclic) bond motifs is 4. The molecule has 12 heteroatoms. The zero-order valence-corrected chi connectivity index (χ0v) is 46.0. The standard InChI is InChI=1S/C36H40FN3O3.C31H32FN3O/c1-23-29(31-9-5-6-10-33(31)39-23)18-19-40(35(42)43-36(2,3)4)34-11-7-8-25-20-24(13-17-30(25)34)12-16-28(41)21-26-14-15-27(37)22-32(26)38;1-20-26(28-6-2-3-7-31(28)35-20)15-16-34-30-8-4-5-22-17-21(10-14-27(22)30)9-13-25(36)18-23-11-12-24(32)19-29(23)33/h5-6,9-10,12-17,20,22,34,39H,7-8,11,18-19,21,38H2,1-4H3;2-3,6-7,9-14,17,19,30,34-35H,4-5,8,15-16,18,33H2,1H3/b16-12+;13-9+. The number of benzene rings is 6. The Morgan fingerprint density at radius 2 is 1.16 bits per heavy atom. The maximum atomic E-state index is 13.6. The highest BCUT2D eigenvalue weighted by Crippen LogP contribution is 2.37. The molecule has 79 heavy (non-hydrogen) atoms. The molecule has 7 N–H and O–H groups in total. The molecule has 2 heterocycles. The molecule has 1 amide bonds. The maximum Gasteiger partial charge on any atom is 0.410 e. The number of aromatic amines is 2. The number of amides is 1. The summed E-state index contributed by atoms with van der Waals surface area (Å²) < 4.78 is 32.5. The van der Waals surface area contributed by atoms with E-state index in [2.05, 4.69) is 95.9 Å². The number of carbonyl (C=O) groups is 3. The second-order valence-corrected chi connectivity index (χ2v) is 22.1. The lowest BCUT2D eigenvalue weighted by Crippen LogP contribution is -2.41. The fourth-order valence-electron chi connectivity index (χ4n) is 11.3. The summed E-state index contributed by atoms with van der Waals surface area (Å²) >= 11 is 0. The van der Waals surface area contributed by atoms with E-state index in [1.54, 1.807) is 30.4 Å². The van der Waals surface area contributed by atoms with Crippen LogP contribution in [0.3, 0.4) is 0 Å². The molecule has 0 bridgehead atoms. The van der Waals surface area contributed by atoms with E-state index in [1.807, 2.05) is 49.9 Å². The van der Waals surface area contributed by atoms with Crippen molar-refractivity contribution in [2.24, 2.45) is 0 Å². The van der Waals surface area contributed by atoms with Crippen LogP contribution in [0.25, 0.3) is 34.0 Å². The van der Waals surface area contributed by atoms with Gasteiger partial charge in [-0.3, -0.25) is 9.59 Å². The van der Waals surface area contributed by atoms with Gasteiger partial charge in [-0.15, -0.1) is 0 Å². The number of hydrogen-bond acceptors (Lipinski definition) is 7. The van der Waals surface area contributed by atoms with Gasteiger partial charge < -0.3 is 36.4 Å². The molecule has 2 aliphatic carbocycles. The number of nitrogens with one attached hydrogen (secondary N) is 3. The molecule has 10 rings (SSSR count). The van der Waals surface area contributed by atoms with Gasteiger partial charge in [-0.1, -0.05) is 97.1 Å². The first-order valence-electron chi connectivity index (χ1n) is 27.6.